The summed E-state index contributed by atoms with van der Waals surface area (Å²) in [6, 6.07) is 12.3. The van der Waals surface area contributed by atoms with Gasteiger partial charge in [-0.2, -0.15) is 0 Å². The predicted octanol–water partition coefficient (Wildman–Crippen LogP) is 4.25. The molecular formula is C15H13BrINO2. The van der Waals surface area contributed by atoms with Gasteiger partial charge in [-0.25, -0.2) is 0 Å². The Morgan fingerprint density at radius 2 is 2.05 bits per heavy atom. The first-order valence-corrected chi connectivity index (χ1v) is 7.89. The first kappa shape index (κ1) is 15.3. The maximum atomic E-state index is 12.3. The van der Waals surface area contributed by atoms with Crippen LogP contribution in [-0.4, -0.2) is 11.0 Å². The topological polar surface area (TPSA) is 49.3 Å². The van der Waals surface area contributed by atoms with Crippen molar-refractivity contribution in [2.24, 2.45) is 0 Å². The molecule has 2 aromatic carbocycles. The summed E-state index contributed by atoms with van der Waals surface area (Å²) in [6.45, 7) is 1.89. The number of carbonyl (C=O) groups is 1. The van der Waals surface area contributed by atoms with Crippen molar-refractivity contribution in [3.05, 3.63) is 61.6 Å². The molecule has 0 heterocycles. The smallest absolute Gasteiger partial charge is 0.252 e. The van der Waals surface area contributed by atoms with E-state index in [1.807, 2.05) is 25.1 Å². The van der Waals surface area contributed by atoms with Gasteiger partial charge in [-0.1, -0.05) is 28.1 Å². The molecule has 5 heteroatoms. The number of rotatable bonds is 3. The second-order valence-corrected chi connectivity index (χ2v) is 6.49. The van der Waals surface area contributed by atoms with Gasteiger partial charge in [-0.3, -0.25) is 4.79 Å². The van der Waals surface area contributed by atoms with Crippen LogP contribution in [0, 0.1) is 3.57 Å². The summed E-state index contributed by atoms with van der Waals surface area (Å²) in [5, 5.41) is 12.4. The minimum Gasteiger partial charge on any atom is -0.508 e. The fraction of sp³-hybridized carbons (Fsp3) is 0.133. The van der Waals surface area contributed by atoms with E-state index in [9.17, 15) is 9.90 Å². The normalized spacial score (nSPS) is 11.9. The highest BCUT2D eigenvalue weighted by Crippen LogP contribution is 2.21. The minimum absolute atomic E-state index is 0.133. The van der Waals surface area contributed by atoms with Gasteiger partial charge in [0, 0.05) is 8.04 Å². The molecule has 2 N–H and O–H groups in total. The Labute approximate surface area is 139 Å². The molecule has 0 aliphatic carbocycles. The molecule has 1 amide bonds. The Bertz CT molecular complexity index is 646. The molecule has 0 aliphatic rings. The fourth-order valence-electron chi connectivity index (χ4n) is 1.82. The SMILES string of the molecule is CC(NC(=O)c1cc(Br)ccc1I)c1cccc(O)c1. The molecule has 1 atom stereocenters. The highest BCUT2D eigenvalue weighted by Gasteiger charge is 2.14. The number of carbonyl (C=O) groups excluding carboxylic acids is 1. The van der Waals surface area contributed by atoms with Gasteiger partial charge in [-0.15, -0.1) is 0 Å². The lowest BCUT2D eigenvalue weighted by molar-refractivity contribution is 0.0939. The van der Waals surface area contributed by atoms with Crippen LogP contribution in [-0.2, 0) is 0 Å². The van der Waals surface area contributed by atoms with Gasteiger partial charge in [0.05, 0.1) is 11.6 Å². The van der Waals surface area contributed by atoms with Gasteiger partial charge in [0.15, 0.2) is 0 Å². The van der Waals surface area contributed by atoms with Crippen LogP contribution in [0.2, 0.25) is 0 Å². The zero-order valence-electron chi connectivity index (χ0n) is 10.7. The molecule has 0 fully saturated rings. The number of hydrogen-bond donors (Lipinski definition) is 2. The number of aromatic hydroxyl groups is 1. The summed E-state index contributed by atoms with van der Waals surface area (Å²) in [5.74, 6) is 0.0622. The molecule has 0 saturated carbocycles. The average Bonchev–Trinajstić information content (AvgIpc) is 2.41. The predicted molar refractivity (Wildman–Crippen MR) is 90.8 cm³/mol. The molecule has 3 nitrogen and oxygen atoms in total. The lowest BCUT2D eigenvalue weighted by Gasteiger charge is -2.15. The zero-order chi connectivity index (χ0) is 14.7. The molecule has 0 saturated heterocycles. The standard InChI is InChI=1S/C15H13BrINO2/c1-9(10-3-2-4-12(19)7-10)18-15(20)13-8-11(16)5-6-14(13)17/h2-9,19H,1H3,(H,18,20). The van der Waals surface area contributed by atoms with Crippen LogP contribution in [0.15, 0.2) is 46.9 Å². The number of hydrogen-bond acceptors (Lipinski definition) is 2. The second kappa shape index (κ2) is 6.58. The number of phenols is 1. The Hall–Kier alpha value is -1.08. The molecule has 0 aromatic heterocycles. The quantitative estimate of drug-likeness (QED) is 0.694. The van der Waals surface area contributed by atoms with E-state index in [4.69, 9.17) is 0 Å². The van der Waals surface area contributed by atoms with E-state index >= 15 is 0 Å². The van der Waals surface area contributed by atoms with E-state index in [1.54, 1.807) is 24.3 Å². The molecule has 2 rings (SSSR count). The molecule has 2 aromatic rings. The third kappa shape index (κ3) is 3.73. The van der Waals surface area contributed by atoms with E-state index < -0.39 is 0 Å². The van der Waals surface area contributed by atoms with Crippen LogP contribution in [0.1, 0.15) is 28.9 Å². The summed E-state index contributed by atoms with van der Waals surface area (Å²) in [5.41, 5.74) is 1.50. The first-order valence-electron chi connectivity index (χ1n) is 6.02. The average molecular weight is 446 g/mol. The van der Waals surface area contributed by atoms with Gasteiger partial charge in [0.25, 0.3) is 5.91 Å². The summed E-state index contributed by atoms with van der Waals surface area (Å²) in [4.78, 5) is 12.3. The van der Waals surface area contributed by atoms with Crippen molar-refractivity contribution < 1.29 is 9.90 Å². The molecule has 104 valence electrons. The fourth-order valence-corrected chi connectivity index (χ4v) is 2.76. The molecule has 0 spiro atoms. The number of halogens is 2. The van der Waals surface area contributed by atoms with Crippen LogP contribution in [0.3, 0.4) is 0 Å². The summed E-state index contributed by atoms with van der Waals surface area (Å²) < 4.78 is 1.76. The van der Waals surface area contributed by atoms with Gasteiger partial charge in [0.1, 0.15) is 5.75 Å². The number of nitrogens with one attached hydrogen (secondary N) is 1. The lowest BCUT2D eigenvalue weighted by Crippen LogP contribution is -2.27. The van der Waals surface area contributed by atoms with Crippen molar-refractivity contribution in [3.63, 3.8) is 0 Å². The van der Waals surface area contributed by atoms with E-state index in [-0.39, 0.29) is 17.7 Å². The summed E-state index contributed by atoms with van der Waals surface area (Å²) >= 11 is 5.51. The van der Waals surface area contributed by atoms with Gasteiger partial charge < -0.3 is 10.4 Å². The number of amides is 1. The maximum Gasteiger partial charge on any atom is 0.252 e. The third-order valence-electron chi connectivity index (χ3n) is 2.89. The Kier molecular flexibility index (Phi) is 5.04. The lowest BCUT2D eigenvalue weighted by atomic mass is 10.1. The van der Waals surface area contributed by atoms with Crippen LogP contribution in [0.25, 0.3) is 0 Å². The van der Waals surface area contributed by atoms with Crippen molar-refractivity contribution in [2.75, 3.05) is 0 Å². The molecule has 0 aliphatic heterocycles. The molecule has 0 radical (unpaired) electrons. The Balaban J connectivity index is 2.17. The highest BCUT2D eigenvalue weighted by molar-refractivity contribution is 14.1. The van der Waals surface area contributed by atoms with E-state index in [2.05, 4.69) is 43.8 Å². The Morgan fingerprint density at radius 3 is 2.75 bits per heavy atom. The molecule has 0 bridgehead atoms. The van der Waals surface area contributed by atoms with E-state index in [1.165, 1.54) is 0 Å². The van der Waals surface area contributed by atoms with Gasteiger partial charge in [-0.05, 0) is 65.4 Å². The van der Waals surface area contributed by atoms with Crippen molar-refractivity contribution in [1.82, 2.24) is 5.32 Å². The number of benzene rings is 2. The van der Waals surface area contributed by atoms with Crippen molar-refractivity contribution in [2.45, 2.75) is 13.0 Å². The minimum atomic E-state index is -0.176. The summed E-state index contributed by atoms with van der Waals surface area (Å²) in [6.07, 6.45) is 0. The highest BCUT2D eigenvalue weighted by atomic mass is 127. The van der Waals surface area contributed by atoms with Crippen LogP contribution >= 0.6 is 38.5 Å². The molecule has 1 unspecified atom stereocenters. The van der Waals surface area contributed by atoms with Crippen LogP contribution in [0.4, 0.5) is 0 Å². The van der Waals surface area contributed by atoms with Gasteiger partial charge >= 0.3 is 0 Å². The van der Waals surface area contributed by atoms with Crippen molar-refractivity contribution >= 4 is 44.4 Å². The van der Waals surface area contributed by atoms with Gasteiger partial charge in [0.2, 0.25) is 0 Å². The largest absolute Gasteiger partial charge is 0.508 e. The number of phenolic OH excluding ortho intramolecular Hbond substituents is 1. The Morgan fingerprint density at radius 1 is 1.30 bits per heavy atom. The monoisotopic (exact) mass is 445 g/mol. The summed E-state index contributed by atoms with van der Waals surface area (Å²) in [7, 11) is 0. The van der Waals surface area contributed by atoms with Crippen molar-refractivity contribution in [3.8, 4) is 5.75 Å². The molecule has 20 heavy (non-hydrogen) atoms. The first-order chi connectivity index (χ1) is 9.47. The molecular weight excluding hydrogens is 433 g/mol. The van der Waals surface area contributed by atoms with Crippen LogP contribution < -0.4 is 5.32 Å². The second-order valence-electron chi connectivity index (χ2n) is 4.41. The third-order valence-corrected chi connectivity index (χ3v) is 4.32. The van der Waals surface area contributed by atoms with Crippen LogP contribution in [0.5, 0.6) is 5.75 Å². The van der Waals surface area contributed by atoms with E-state index in [0.717, 1.165) is 13.6 Å². The van der Waals surface area contributed by atoms with E-state index in [0.29, 0.717) is 5.56 Å². The zero-order valence-corrected chi connectivity index (χ0v) is 14.5. The van der Waals surface area contributed by atoms with Crippen molar-refractivity contribution in [1.29, 1.82) is 0 Å². The maximum absolute atomic E-state index is 12.3.